The number of azide groups is 1. The van der Waals surface area contributed by atoms with Gasteiger partial charge in [-0.3, -0.25) is 0 Å². The predicted molar refractivity (Wildman–Crippen MR) is 55.6 cm³/mol. The highest BCUT2D eigenvalue weighted by Crippen LogP contribution is 2.05. The van der Waals surface area contributed by atoms with Gasteiger partial charge in [-0.05, 0) is 32.3 Å². The van der Waals surface area contributed by atoms with Gasteiger partial charge >= 0.3 is 0 Å². The van der Waals surface area contributed by atoms with Crippen LogP contribution < -0.4 is 5.32 Å². The summed E-state index contributed by atoms with van der Waals surface area (Å²) in [4.78, 5) is 2.71. The first-order valence-corrected chi connectivity index (χ1v) is 4.99. The molecule has 0 heterocycles. The lowest BCUT2D eigenvalue weighted by molar-refractivity contribution is 0.515. The van der Waals surface area contributed by atoms with Crippen LogP contribution in [0.2, 0.25) is 0 Å². The normalized spacial score (nSPS) is 12.2. The molecule has 4 nitrogen and oxygen atoms in total. The zero-order chi connectivity index (χ0) is 9.94. The van der Waals surface area contributed by atoms with Crippen LogP contribution >= 0.6 is 0 Å². The van der Waals surface area contributed by atoms with Gasteiger partial charge < -0.3 is 5.32 Å². The lowest BCUT2D eigenvalue weighted by Crippen LogP contribution is -2.20. The van der Waals surface area contributed by atoms with E-state index >= 15 is 0 Å². The third kappa shape index (κ3) is 9.18. The van der Waals surface area contributed by atoms with Crippen molar-refractivity contribution in [2.24, 2.45) is 5.11 Å². The number of hydrogen-bond donors (Lipinski definition) is 1. The molecule has 0 amide bonds. The molecule has 0 aliphatic rings. The second-order valence-electron chi connectivity index (χ2n) is 3.35. The fourth-order valence-electron chi connectivity index (χ4n) is 1.18. The van der Waals surface area contributed by atoms with Gasteiger partial charge in [0.05, 0.1) is 0 Å². The molecule has 0 aliphatic carbocycles. The van der Waals surface area contributed by atoms with E-state index in [0.29, 0.717) is 12.6 Å². The van der Waals surface area contributed by atoms with E-state index in [-0.39, 0.29) is 0 Å². The van der Waals surface area contributed by atoms with Gasteiger partial charge in [0, 0.05) is 17.5 Å². The van der Waals surface area contributed by atoms with Crippen molar-refractivity contribution in [3.05, 3.63) is 10.4 Å². The van der Waals surface area contributed by atoms with E-state index in [2.05, 4.69) is 22.3 Å². The van der Waals surface area contributed by atoms with Crippen molar-refractivity contribution in [2.75, 3.05) is 13.6 Å². The number of nitrogens with one attached hydrogen (secondary N) is 1. The zero-order valence-corrected chi connectivity index (χ0v) is 8.66. The maximum absolute atomic E-state index is 8.02. The molecular weight excluding hydrogens is 164 g/mol. The summed E-state index contributed by atoms with van der Waals surface area (Å²) in [5, 5.41) is 6.70. The van der Waals surface area contributed by atoms with Crippen molar-refractivity contribution in [1.29, 1.82) is 0 Å². The lowest BCUT2D eigenvalue weighted by atomic mass is 10.1. The van der Waals surface area contributed by atoms with Crippen LogP contribution in [0.4, 0.5) is 0 Å². The molecule has 0 spiro atoms. The highest BCUT2D eigenvalue weighted by atomic mass is 15.1. The molecule has 0 fully saturated rings. The van der Waals surface area contributed by atoms with E-state index < -0.39 is 0 Å². The van der Waals surface area contributed by atoms with Crippen LogP contribution in [0.3, 0.4) is 0 Å². The average Bonchev–Trinajstić information content (AvgIpc) is 2.16. The van der Waals surface area contributed by atoms with Crippen LogP contribution in [0.25, 0.3) is 10.4 Å². The second-order valence-corrected chi connectivity index (χ2v) is 3.35. The second kappa shape index (κ2) is 9.36. The maximum atomic E-state index is 8.02. The Hall–Kier alpha value is -0.730. The molecule has 0 rings (SSSR count). The van der Waals surface area contributed by atoms with Crippen LogP contribution in [0.5, 0.6) is 0 Å². The molecule has 0 bridgehead atoms. The molecule has 1 atom stereocenters. The number of nitrogens with zero attached hydrogens (tertiary/aromatic N) is 3. The number of hydrogen-bond acceptors (Lipinski definition) is 2. The minimum Gasteiger partial charge on any atom is -0.317 e. The molecule has 4 heteroatoms. The van der Waals surface area contributed by atoms with E-state index in [9.17, 15) is 0 Å². The molecule has 0 aliphatic heterocycles. The summed E-state index contributed by atoms with van der Waals surface area (Å²) >= 11 is 0. The predicted octanol–water partition coefficient (Wildman–Crippen LogP) is 2.86. The first-order chi connectivity index (χ1) is 6.31. The summed E-state index contributed by atoms with van der Waals surface area (Å²) in [5.74, 6) is 0. The Morgan fingerprint density at radius 1 is 1.31 bits per heavy atom. The Balaban J connectivity index is 3.03. The largest absolute Gasteiger partial charge is 0.317 e. The molecule has 0 saturated carbocycles. The summed E-state index contributed by atoms with van der Waals surface area (Å²) in [6, 6.07) is 0.622. The number of unbranched alkanes of at least 4 members (excludes halogenated alkanes) is 3. The summed E-state index contributed by atoms with van der Waals surface area (Å²) in [6.07, 6.45) is 5.94. The average molecular weight is 184 g/mol. The summed E-state index contributed by atoms with van der Waals surface area (Å²) in [5.41, 5.74) is 8.02. The Kier molecular flexibility index (Phi) is 8.83. The first kappa shape index (κ1) is 12.3. The number of rotatable bonds is 8. The fraction of sp³-hybridized carbons (Fsp3) is 1.00. The van der Waals surface area contributed by atoms with Crippen molar-refractivity contribution in [3.63, 3.8) is 0 Å². The molecular formula is C9H20N4. The third-order valence-corrected chi connectivity index (χ3v) is 2.20. The van der Waals surface area contributed by atoms with Crippen LogP contribution in [0, 0.1) is 0 Å². The van der Waals surface area contributed by atoms with Crippen molar-refractivity contribution in [2.45, 2.75) is 45.1 Å². The van der Waals surface area contributed by atoms with Crippen LogP contribution in [0.15, 0.2) is 5.11 Å². The molecule has 0 saturated heterocycles. The summed E-state index contributed by atoms with van der Waals surface area (Å²) < 4.78 is 0. The fourth-order valence-corrected chi connectivity index (χ4v) is 1.18. The highest BCUT2D eigenvalue weighted by Gasteiger charge is 1.96. The van der Waals surface area contributed by atoms with Gasteiger partial charge in [0.15, 0.2) is 0 Å². The lowest BCUT2D eigenvalue weighted by Gasteiger charge is -2.08. The van der Waals surface area contributed by atoms with Crippen molar-refractivity contribution >= 4 is 0 Å². The van der Waals surface area contributed by atoms with Crippen molar-refractivity contribution in [1.82, 2.24) is 5.32 Å². The minimum absolute atomic E-state index is 0.622. The van der Waals surface area contributed by atoms with Gasteiger partial charge in [-0.15, -0.1) is 0 Å². The van der Waals surface area contributed by atoms with E-state index in [0.717, 1.165) is 6.42 Å². The van der Waals surface area contributed by atoms with E-state index in [1.54, 1.807) is 0 Å². The Morgan fingerprint density at radius 2 is 2.00 bits per heavy atom. The topological polar surface area (TPSA) is 60.8 Å². The SMILES string of the molecule is CN[C@@H](C)CCCCCCN=[N+]=[N-]. The maximum Gasteiger partial charge on any atom is 0.0257 e. The Labute approximate surface area is 80.3 Å². The molecule has 0 aromatic heterocycles. The monoisotopic (exact) mass is 184 g/mol. The molecule has 1 N–H and O–H groups in total. The van der Waals surface area contributed by atoms with Gasteiger partial charge in [-0.25, -0.2) is 0 Å². The summed E-state index contributed by atoms with van der Waals surface area (Å²) in [6.45, 7) is 2.85. The van der Waals surface area contributed by atoms with Gasteiger partial charge in [0.1, 0.15) is 0 Å². The van der Waals surface area contributed by atoms with E-state index in [1.807, 2.05) is 7.05 Å². The minimum atomic E-state index is 0.622. The molecule has 0 aromatic rings. The van der Waals surface area contributed by atoms with Gasteiger partial charge in [0.25, 0.3) is 0 Å². The summed E-state index contributed by atoms with van der Waals surface area (Å²) in [7, 11) is 1.99. The van der Waals surface area contributed by atoms with Gasteiger partial charge in [-0.2, -0.15) is 0 Å². The zero-order valence-electron chi connectivity index (χ0n) is 8.66. The van der Waals surface area contributed by atoms with Crippen LogP contribution in [-0.2, 0) is 0 Å². The van der Waals surface area contributed by atoms with E-state index in [4.69, 9.17) is 5.53 Å². The van der Waals surface area contributed by atoms with Crippen molar-refractivity contribution < 1.29 is 0 Å². The van der Waals surface area contributed by atoms with Crippen LogP contribution in [-0.4, -0.2) is 19.6 Å². The van der Waals surface area contributed by atoms with Gasteiger partial charge in [0.2, 0.25) is 0 Å². The van der Waals surface area contributed by atoms with Crippen LogP contribution in [0.1, 0.15) is 39.0 Å². The highest BCUT2D eigenvalue weighted by molar-refractivity contribution is 4.57. The first-order valence-electron chi connectivity index (χ1n) is 4.99. The van der Waals surface area contributed by atoms with E-state index in [1.165, 1.54) is 25.7 Å². The smallest absolute Gasteiger partial charge is 0.0257 e. The Morgan fingerprint density at radius 3 is 2.62 bits per heavy atom. The Bertz CT molecular complexity index is 152. The molecule has 76 valence electrons. The standard InChI is InChI=1S/C9H20N4/c1-9(11-2)7-5-3-4-6-8-12-13-10/h9,11H,3-8H2,1-2H3/t9-/m0/s1. The quantitative estimate of drug-likeness (QED) is 0.268. The van der Waals surface area contributed by atoms with Crippen molar-refractivity contribution in [3.8, 4) is 0 Å². The molecule has 0 aromatic carbocycles. The molecule has 0 radical (unpaired) electrons. The molecule has 13 heavy (non-hydrogen) atoms. The molecule has 0 unspecified atom stereocenters. The van der Waals surface area contributed by atoms with Gasteiger partial charge in [-0.1, -0.05) is 24.4 Å². The third-order valence-electron chi connectivity index (χ3n) is 2.20.